The summed E-state index contributed by atoms with van der Waals surface area (Å²) in [6, 6.07) is 7.88. The predicted octanol–water partition coefficient (Wildman–Crippen LogP) is 1.41. The number of aliphatic hydroxyl groups is 1. The van der Waals surface area contributed by atoms with Crippen molar-refractivity contribution in [2.24, 2.45) is 5.92 Å². The third kappa shape index (κ3) is 6.29. The van der Waals surface area contributed by atoms with E-state index < -0.39 is 51.0 Å². The minimum Gasteiger partial charge on any atom is -0.445 e. The smallest absolute Gasteiger partial charge is 0.445 e. The number of carbonyl (C=O) groups is 1. The van der Waals surface area contributed by atoms with Crippen LogP contribution < -0.4 is 16.2 Å². The number of nitrogens with zero attached hydrogens (tertiary/aromatic N) is 3. The third-order valence-electron chi connectivity index (χ3n) is 5.62. The molecule has 0 bridgehead atoms. The maximum Gasteiger partial charge on any atom is 0.695 e. The Kier molecular flexibility index (Phi) is 8.46. The van der Waals surface area contributed by atoms with E-state index >= 15 is 0 Å². The van der Waals surface area contributed by atoms with E-state index in [4.69, 9.17) is 14.0 Å². The van der Waals surface area contributed by atoms with Gasteiger partial charge in [-0.15, -0.1) is 9.42 Å². The molecule has 3 heterocycles. The minimum absolute atomic E-state index is 0.0160. The Morgan fingerprint density at radius 1 is 1.32 bits per heavy atom. The standard InChI is InChI=1S/C22H27N6O8P/c1-12(2)8-23-21-26-18-16(19(30)27-21)24-11-28(18)20-15(17(36-37(32)33)14(9-29)35-20)25-22(31)34-10-13-6-4-3-5-7-13/h3-7,11-12,14-15,17,20,29H,8-10H2,1-2H3,(H3-,23,25,26,27,30,31,32,33)/p+1/t14-,15-,17-,20?/m1/s1. The number of amides is 1. The van der Waals surface area contributed by atoms with Crippen molar-refractivity contribution < 1.29 is 33.4 Å². The van der Waals surface area contributed by atoms with E-state index in [-0.39, 0.29) is 29.6 Å². The fourth-order valence-electron chi connectivity index (χ4n) is 3.91. The lowest BCUT2D eigenvalue weighted by Gasteiger charge is -2.22. The number of aromatic nitrogens is 4. The van der Waals surface area contributed by atoms with Crippen LogP contribution in [0.15, 0.2) is 41.5 Å². The Labute approximate surface area is 211 Å². The number of nitrogens with one attached hydrogen (secondary N) is 3. The van der Waals surface area contributed by atoms with Crippen LogP contribution in [0.3, 0.4) is 0 Å². The number of alkyl carbamates (subject to hydrolysis) is 1. The van der Waals surface area contributed by atoms with E-state index in [0.29, 0.717) is 6.54 Å². The van der Waals surface area contributed by atoms with Gasteiger partial charge in [0.2, 0.25) is 5.95 Å². The molecule has 198 valence electrons. The summed E-state index contributed by atoms with van der Waals surface area (Å²) in [6.45, 7) is 3.93. The zero-order valence-corrected chi connectivity index (χ0v) is 21.0. The summed E-state index contributed by atoms with van der Waals surface area (Å²) >= 11 is 0. The Hall–Kier alpha value is -3.42. The molecule has 1 aliphatic rings. The van der Waals surface area contributed by atoms with Gasteiger partial charge in [0.15, 0.2) is 23.5 Å². The monoisotopic (exact) mass is 535 g/mol. The molecule has 0 aliphatic carbocycles. The van der Waals surface area contributed by atoms with Crippen molar-refractivity contribution in [1.82, 2.24) is 24.8 Å². The van der Waals surface area contributed by atoms with Gasteiger partial charge in [0.25, 0.3) is 5.56 Å². The van der Waals surface area contributed by atoms with E-state index in [1.807, 2.05) is 19.9 Å². The summed E-state index contributed by atoms with van der Waals surface area (Å²) in [5.74, 6) is 0.492. The van der Waals surface area contributed by atoms with Crippen molar-refractivity contribution in [3.05, 3.63) is 52.6 Å². The number of fused-ring (bicyclic) bond motifs is 1. The second kappa shape index (κ2) is 11.8. The predicted molar refractivity (Wildman–Crippen MR) is 131 cm³/mol. The molecule has 15 heteroatoms. The number of ether oxygens (including phenoxy) is 2. The van der Waals surface area contributed by atoms with Crippen LogP contribution in [-0.4, -0.2) is 67.0 Å². The molecule has 4 rings (SSSR count). The van der Waals surface area contributed by atoms with Gasteiger partial charge in [-0.2, -0.15) is 4.98 Å². The second-order valence-corrected chi connectivity index (χ2v) is 9.49. The highest BCUT2D eigenvalue weighted by Gasteiger charge is 2.51. The van der Waals surface area contributed by atoms with E-state index in [0.717, 1.165) is 5.56 Å². The topological polar surface area (TPSA) is 190 Å². The first-order valence-corrected chi connectivity index (χ1v) is 12.7. The first kappa shape index (κ1) is 26.6. The maximum absolute atomic E-state index is 12.7. The van der Waals surface area contributed by atoms with Crippen molar-refractivity contribution in [3.63, 3.8) is 0 Å². The summed E-state index contributed by atoms with van der Waals surface area (Å²) in [7, 11) is -3.11. The number of benzene rings is 1. The van der Waals surface area contributed by atoms with E-state index in [9.17, 15) is 24.2 Å². The van der Waals surface area contributed by atoms with Crippen LogP contribution in [-0.2, 0) is 25.2 Å². The molecular weight excluding hydrogens is 507 g/mol. The van der Waals surface area contributed by atoms with Crippen LogP contribution in [0, 0.1) is 5.92 Å². The number of rotatable bonds is 10. The Morgan fingerprint density at radius 3 is 2.76 bits per heavy atom. The average Bonchev–Trinajstić information content (AvgIpc) is 3.43. The van der Waals surface area contributed by atoms with Crippen molar-refractivity contribution in [3.8, 4) is 0 Å². The van der Waals surface area contributed by atoms with Gasteiger partial charge in [-0.05, 0) is 11.5 Å². The molecule has 1 fully saturated rings. The highest BCUT2D eigenvalue weighted by atomic mass is 31.1. The minimum atomic E-state index is -3.11. The van der Waals surface area contributed by atoms with Crippen molar-refractivity contribution in [2.75, 3.05) is 18.5 Å². The summed E-state index contributed by atoms with van der Waals surface area (Å²) in [5.41, 5.74) is 0.406. The van der Waals surface area contributed by atoms with Gasteiger partial charge in [0.05, 0.1) is 12.9 Å². The second-order valence-electron chi connectivity index (χ2n) is 8.80. The molecule has 0 saturated carbocycles. The molecular formula is C22H28N6O8P+. The first-order chi connectivity index (χ1) is 17.8. The molecule has 5 atom stereocenters. The van der Waals surface area contributed by atoms with Crippen LogP contribution in [0.4, 0.5) is 10.7 Å². The van der Waals surface area contributed by atoms with Crippen molar-refractivity contribution >= 4 is 31.5 Å². The fraction of sp³-hybridized carbons (Fsp3) is 0.455. The van der Waals surface area contributed by atoms with Gasteiger partial charge < -0.3 is 25.2 Å². The number of carbonyl (C=O) groups excluding carboxylic acids is 1. The maximum atomic E-state index is 12.7. The molecule has 14 nitrogen and oxygen atoms in total. The lowest BCUT2D eigenvalue weighted by Crippen LogP contribution is -2.47. The fourth-order valence-corrected chi connectivity index (χ4v) is 4.38. The zero-order chi connectivity index (χ0) is 26.5. The van der Waals surface area contributed by atoms with Gasteiger partial charge in [0, 0.05) is 11.1 Å². The van der Waals surface area contributed by atoms with Gasteiger partial charge in [-0.3, -0.25) is 14.3 Å². The molecule has 3 aromatic rings. The van der Waals surface area contributed by atoms with Crippen LogP contribution in [0.25, 0.3) is 11.2 Å². The highest BCUT2D eigenvalue weighted by molar-refractivity contribution is 7.32. The van der Waals surface area contributed by atoms with Gasteiger partial charge in [0.1, 0.15) is 18.8 Å². The largest absolute Gasteiger partial charge is 0.695 e. The van der Waals surface area contributed by atoms with Crippen LogP contribution in [0.5, 0.6) is 0 Å². The molecule has 2 unspecified atom stereocenters. The average molecular weight is 535 g/mol. The number of H-pyrrole nitrogens is 1. The molecule has 1 amide bonds. The van der Waals surface area contributed by atoms with Crippen molar-refractivity contribution in [2.45, 2.75) is 44.9 Å². The Bertz CT molecular complexity index is 1300. The van der Waals surface area contributed by atoms with Crippen molar-refractivity contribution in [1.29, 1.82) is 0 Å². The Balaban J connectivity index is 1.64. The number of hydrogen-bond donors (Lipinski definition) is 5. The van der Waals surface area contributed by atoms with Crippen LogP contribution >= 0.6 is 8.25 Å². The highest BCUT2D eigenvalue weighted by Crippen LogP contribution is 2.37. The molecule has 0 spiro atoms. The number of aliphatic hydroxyl groups excluding tert-OH is 1. The number of aromatic amines is 1. The number of hydrogen-bond acceptors (Lipinski definition) is 10. The normalized spacial score (nSPS) is 21.8. The summed E-state index contributed by atoms with van der Waals surface area (Å²) in [4.78, 5) is 45.9. The quantitative estimate of drug-likeness (QED) is 0.236. The van der Waals surface area contributed by atoms with Gasteiger partial charge in [-0.25, -0.2) is 9.78 Å². The SMILES string of the molecule is CC(C)CNc1nc2c(ncn2C2O[C@H](CO)[C@@H](O[P+](=O)O)[C@H]2NC(=O)OCc2ccccc2)c(=O)[nH]1. The zero-order valence-electron chi connectivity index (χ0n) is 20.1. The van der Waals surface area contributed by atoms with Crippen LogP contribution in [0.2, 0.25) is 0 Å². The number of anilines is 1. The molecule has 1 aromatic carbocycles. The molecule has 0 radical (unpaired) electrons. The summed E-state index contributed by atoms with van der Waals surface area (Å²) in [6.07, 6.45) is -2.99. The third-order valence-corrected chi connectivity index (χ3v) is 6.04. The van der Waals surface area contributed by atoms with E-state index in [1.54, 1.807) is 24.3 Å². The summed E-state index contributed by atoms with van der Waals surface area (Å²) < 4.78 is 29.2. The van der Waals surface area contributed by atoms with E-state index in [2.05, 4.69) is 25.6 Å². The first-order valence-electron chi connectivity index (χ1n) is 11.5. The van der Waals surface area contributed by atoms with E-state index in [1.165, 1.54) is 10.9 Å². The summed E-state index contributed by atoms with van der Waals surface area (Å²) in [5, 5.41) is 15.5. The Morgan fingerprint density at radius 2 is 2.08 bits per heavy atom. The lowest BCUT2D eigenvalue weighted by molar-refractivity contribution is -0.0408. The molecule has 37 heavy (non-hydrogen) atoms. The van der Waals surface area contributed by atoms with Gasteiger partial charge >= 0.3 is 14.3 Å². The lowest BCUT2D eigenvalue weighted by atomic mass is 10.1. The van der Waals surface area contributed by atoms with Crippen LogP contribution in [0.1, 0.15) is 25.6 Å². The molecule has 5 N–H and O–H groups in total. The number of imidazole rings is 1. The van der Waals surface area contributed by atoms with Gasteiger partial charge in [-0.1, -0.05) is 44.2 Å². The molecule has 2 aromatic heterocycles. The molecule has 1 aliphatic heterocycles. The molecule has 1 saturated heterocycles.